The Bertz CT molecular complexity index is 1220. The van der Waals surface area contributed by atoms with Crippen LogP contribution in [0.5, 0.6) is 5.75 Å². The Morgan fingerprint density at radius 2 is 1.69 bits per heavy atom. The number of benzene rings is 3. The van der Waals surface area contributed by atoms with Gasteiger partial charge in [-0.15, -0.1) is 6.58 Å². The van der Waals surface area contributed by atoms with Crippen LogP contribution in [0.15, 0.2) is 96.4 Å². The second-order valence-electron chi connectivity index (χ2n) is 7.76. The largest absolute Gasteiger partial charge is 0.493 e. The van der Waals surface area contributed by atoms with Crippen molar-refractivity contribution in [3.05, 3.63) is 108 Å². The molecule has 3 aromatic carbocycles. The summed E-state index contributed by atoms with van der Waals surface area (Å²) in [5, 5.41) is 9.42. The van der Waals surface area contributed by atoms with Crippen LogP contribution in [0.25, 0.3) is 0 Å². The van der Waals surface area contributed by atoms with Crippen LogP contribution < -0.4 is 10.2 Å². The highest BCUT2D eigenvalue weighted by atomic mass is 32.2. The SMILES string of the molecule is C=CCCOc1ccc(S(=O)(=O)N(Cc2ccc(F)cc2)C(Cc2ccccc2)C(=O)NO)cc1. The summed E-state index contributed by atoms with van der Waals surface area (Å²) in [4.78, 5) is 12.7. The summed E-state index contributed by atoms with van der Waals surface area (Å²) in [5.74, 6) is -0.863. The molecular formula is C26H27FN2O5S. The number of carbonyl (C=O) groups is 1. The number of carbonyl (C=O) groups excluding carboxylic acids is 1. The van der Waals surface area contributed by atoms with Crippen LogP contribution in [0, 0.1) is 5.82 Å². The van der Waals surface area contributed by atoms with E-state index in [1.165, 1.54) is 48.5 Å². The van der Waals surface area contributed by atoms with Crippen LogP contribution >= 0.6 is 0 Å². The third kappa shape index (κ3) is 6.98. The first-order valence-corrected chi connectivity index (χ1v) is 12.4. The predicted octanol–water partition coefficient (Wildman–Crippen LogP) is 4.09. The maximum absolute atomic E-state index is 13.8. The molecule has 0 bridgehead atoms. The van der Waals surface area contributed by atoms with Gasteiger partial charge in [0.15, 0.2) is 0 Å². The van der Waals surface area contributed by atoms with Crippen LogP contribution in [0.2, 0.25) is 0 Å². The molecule has 0 fully saturated rings. The molecule has 0 saturated carbocycles. The summed E-state index contributed by atoms with van der Waals surface area (Å²) in [7, 11) is -4.23. The predicted molar refractivity (Wildman–Crippen MR) is 130 cm³/mol. The van der Waals surface area contributed by atoms with Gasteiger partial charge in [0.05, 0.1) is 11.5 Å². The summed E-state index contributed by atoms with van der Waals surface area (Å²) in [6.45, 7) is 3.82. The van der Waals surface area contributed by atoms with Crippen LogP contribution in [-0.2, 0) is 27.8 Å². The molecule has 0 spiro atoms. The Morgan fingerprint density at radius 1 is 1.03 bits per heavy atom. The number of hydroxylamine groups is 1. The van der Waals surface area contributed by atoms with Crippen molar-refractivity contribution in [2.75, 3.05) is 6.61 Å². The molecule has 0 aromatic heterocycles. The molecule has 0 radical (unpaired) electrons. The van der Waals surface area contributed by atoms with Crippen molar-refractivity contribution >= 4 is 15.9 Å². The Morgan fingerprint density at radius 3 is 2.29 bits per heavy atom. The van der Waals surface area contributed by atoms with E-state index in [-0.39, 0.29) is 17.9 Å². The molecule has 9 heteroatoms. The summed E-state index contributed by atoms with van der Waals surface area (Å²) in [6, 6.07) is 18.8. The zero-order chi connectivity index (χ0) is 25.3. The molecule has 1 amide bonds. The molecule has 3 aromatic rings. The van der Waals surface area contributed by atoms with Crippen molar-refractivity contribution in [1.82, 2.24) is 9.79 Å². The molecule has 3 rings (SSSR count). The van der Waals surface area contributed by atoms with Gasteiger partial charge < -0.3 is 4.74 Å². The number of sulfonamides is 1. The van der Waals surface area contributed by atoms with Gasteiger partial charge in [0, 0.05) is 6.54 Å². The van der Waals surface area contributed by atoms with E-state index in [1.807, 2.05) is 0 Å². The van der Waals surface area contributed by atoms with Crippen LogP contribution in [-0.4, -0.2) is 36.5 Å². The Hall–Kier alpha value is -3.53. The fourth-order valence-electron chi connectivity index (χ4n) is 3.47. The van der Waals surface area contributed by atoms with Crippen molar-refractivity contribution in [1.29, 1.82) is 0 Å². The van der Waals surface area contributed by atoms with Crippen molar-refractivity contribution in [2.45, 2.75) is 30.3 Å². The van der Waals surface area contributed by atoms with Crippen LogP contribution in [0.1, 0.15) is 17.5 Å². The second-order valence-corrected chi connectivity index (χ2v) is 9.65. The van der Waals surface area contributed by atoms with Gasteiger partial charge >= 0.3 is 0 Å². The zero-order valence-corrected chi connectivity index (χ0v) is 19.8. The van der Waals surface area contributed by atoms with Gasteiger partial charge in [-0.05, 0) is 60.4 Å². The van der Waals surface area contributed by atoms with E-state index in [1.54, 1.807) is 41.9 Å². The van der Waals surface area contributed by atoms with Crippen molar-refractivity contribution in [2.24, 2.45) is 0 Å². The highest BCUT2D eigenvalue weighted by Crippen LogP contribution is 2.25. The molecule has 35 heavy (non-hydrogen) atoms. The number of hydrogen-bond donors (Lipinski definition) is 2. The lowest BCUT2D eigenvalue weighted by Crippen LogP contribution is -2.49. The summed E-state index contributed by atoms with van der Waals surface area (Å²) < 4.78 is 47.5. The van der Waals surface area contributed by atoms with Gasteiger partial charge in [-0.1, -0.05) is 48.5 Å². The van der Waals surface area contributed by atoms with Crippen molar-refractivity contribution in [3.63, 3.8) is 0 Å². The van der Waals surface area contributed by atoms with E-state index in [4.69, 9.17) is 4.74 Å². The fraction of sp³-hybridized carbons (Fsp3) is 0.192. The smallest absolute Gasteiger partial charge is 0.262 e. The number of ether oxygens (including phenoxy) is 1. The minimum absolute atomic E-state index is 0.0103. The van der Waals surface area contributed by atoms with Gasteiger partial charge in [0.1, 0.15) is 17.6 Å². The lowest BCUT2D eigenvalue weighted by atomic mass is 10.0. The maximum atomic E-state index is 13.8. The number of rotatable bonds is 12. The topological polar surface area (TPSA) is 95.9 Å². The first-order chi connectivity index (χ1) is 16.8. The highest BCUT2D eigenvalue weighted by Gasteiger charge is 2.36. The molecule has 1 unspecified atom stereocenters. The molecule has 0 saturated heterocycles. The van der Waals surface area contributed by atoms with Gasteiger partial charge in [-0.3, -0.25) is 10.0 Å². The Labute approximate surface area is 204 Å². The summed E-state index contributed by atoms with van der Waals surface area (Å²) >= 11 is 0. The highest BCUT2D eigenvalue weighted by molar-refractivity contribution is 7.89. The number of halogens is 1. The summed E-state index contributed by atoms with van der Waals surface area (Å²) in [5.41, 5.74) is 2.76. The van der Waals surface area contributed by atoms with E-state index in [2.05, 4.69) is 6.58 Å². The molecule has 0 heterocycles. The number of amides is 1. The molecular weight excluding hydrogens is 471 g/mol. The fourth-order valence-corrected chi connectivity index (χ4v) is 5.05. The van der Waals surface area contributed by atoms with Gasteiger partial charge in [-0.2, -0.15) is 4.31 Å². The molecule has 2 N–H and O–H groups in total. The molecule has 1 atom stereocenters. The Balaban J connectivity index is 2.00. The standard InChI is InChI=1S/C26H27FN2O5S/c1-2-3-17-34-23-13-15-24(16-14-23)35(32,33)29(19-21-9-11-22(27)12-10-21)25(26(30)28-31)18-20-7-5-4-6-8-20/h2,4-16,25,31H,1,3,17-19H2,(H,28,30). The van der Waals surface area contributed by atoms with Crippen LogP contribution in [0.4, 0.5) is 4.39 Å². The normalized spacial score (nSPS) is 12.2. The van der Waals surface area contributed by atoms with Gasteiger partial charge in [0.2, 0.25) is 10.0 Å². The number of nitrogens with zero attached hydrogens (tertiary/aromatic N) is 1. The minimum Gasteiger partial charge on any atom is -0.493 e. The van der Waals surface area contributed by atoms with Gasteiger partial charge in [-0.25, -0.2) is 18.3 Å². The van der Waals surface area contributed by atoms with Crippen LogP contribution in [0.3, 0.4) is 0 Å². The van der Waals surface area contributed by atoms with E-state index >= 15 is 0 Å². The molecule has 0 aliphatic rings. The minimum atomic E-state index is -4.23. The van der Waals surface area contributed by atoms with E-state index in [9.17, 15) is 22.8 Å². The molecule has 0 aliphatic carbocycles. The number of hydrogen-bond acceptors (Lipinski definition) is 5. The first-order valence-electron chi connectivity index (χ1n) is 10.9. The molecule has 7 nitrogen and oxygen atoms in total. The molecule has 0 aliphatic heterocycles. The zero-order valence-electron chi connectivity index (χ0n) is 19.0. The lowest BCUT2D eigenvalue weighted by molar-refractivity contribution is -0.133. The number of nitrogens with one attached hydrogen (secondary N) is 1. The van der Waals surface area contributed by atoms with Gasteiger partial charge in [0.25, 0.3) is 5.91 Å². The monoisotopic (exact) mass is 498 g/mol. The first kappa shape index (κ1) is 26.1. The maximum Gasteiger partial charge on any atom is 0.262 e. The average molecular weight is 499 g/mol. The Kier molecular flexibility index (Phi) is 9.13. The lowest BCUT2D eigenvalue weighted by Gasteiger charge is -2.30. The second kappa shape index (κ2) is 12.3. The van der Waals surface area contributed by atoms with E-state index in [0.717, 1.165) is 4.31 Å². The van der Waals surface area contributed by atoms with E-state index in [0.29, 0.717) is 29.9 Å². The quantitative estimate of drug-likeness (QED) is 0.170. The third-order valence-electron chi connectivity index (χ3n) is 5.31. The van der Waals surface area contributed by atoms with E-state index < -0.39 is 27.8 Å². The third-order valence-corrected chi connectivity index (χ3v) is 7.17. The average Bonchev–Trinajstić information content (AvgIpc) is 2.88. The van der Waals surface area contributed by atoms with Crippen molar-refractivity contribution in [3.8, 4) is 5.75 Å². The molecule has 184 valence electrons. The summed E-state index contributed by atoms with van der Waals surface area (Å²) in [6.07, 6.45) is 2.37. The van der Waals surface area contributed by atoms with Crippen molar-refractivity contribution < 1.29 is 27.5 Å².